The predicted molar refractivity (Wildman–Crippen MR) is 65.9 cm³/mol. The highest BCUT2D eigenvalue weighted by molar-refractivity contribution is 6.84. The maximum absolute atomic E-state index is 2.60. The van der Waals surface area contributed by atoms with Crippen LogP contribution in [0.25, 0.3) is 0 Å². The normalized spacial score (nSPS) is 12.6. The van der Waals surface area contributed by atoms with Gasteiger partial charge in [-0.3, -0.25) is 0 Å². The van der Waals surface area contributed by atoms with Crippen LogP contribution in [0.5, 0.6) is 0 Å². The van der Waals surface area contributed by atoms with E-state index in [0.29, 0.717) is 0 Å². The fourth-order valence-corrected chi connectivity index (χ4v) is 4.63. The smallest absolute Gasteiger partial charge is 0.0766 e. The van der Waals surface area contributed by atoms with E-state index in [0.717, 1.165) is 0 Å². The molecule has 0 nitrogen and oxygen atoms in total. The minimum Gasteiger partial charge on any atom is -0.0981 e. The quantitative estimate of drug-likeness (QED) is 0.408. The van der Waals surface area contributed by atoms with Crippen molar-refractivity contribution >= 4 is 8.07 Å². The Morgan fingerprint density at radius 1 is 0.923 bits per heavy atom. The first-order chi connectivity index (χ1) is 6.24. The molecule has 0 radical (unpaired) electrons. The van der Waals surface area contributed by atoms with Crippen molar-refractivity contribution in [2.45, 2.75) is 65.1 Å². The van der Waals surface area contributed by atoms with Crippen LogP contribution < -0.4 is 0 Å². The zero-order valence-electron chi connectivity index (χ0n) is 9.90. The van der Waals surface area contributed by atoms with E-state index in [1.54, 1.807) is 0 Å². The summed E-state index contributed by atoms with van der Waals surface area (Å²) in [7, 11) is -0.948. The lowest BCUT2D eigenvalue weighted by molar-refractivity contribution is 0.815. The molecule has 78 valence electrons. The molecule has 0 aromatic heterocycles. The van der Waals surface area contributed by atoms with Crippen molar-refractivity contribution in [2.24, 2.45) is 0 Å². The molecule has 0 spiro atoms. The molecule has 0 atom stereocenters. The summed E-state index contributed by atoms with van der Waals surface area (Å²) in [4.78, 5) is 0. The second kappa shape index (κ2) is 7.37. The molecule has 1 heteroatoms. The number of rotatable bonds is 7. The largest absolute Gasteiger partial charge is 0.0981 e. The summed E-state index contributed by atoms with van der Waals surface area (Å²) in [5.41, 5.74) is 2.60. The Kier molecular flexibility index (Phi) is 7.34. The Morgan fingerprint density at radius 3 is 1.85 bits per heavy atom. The van der Waals surface area contributed by atoms with Gasteiger partial charge >= 0.3 is 0 Å². The fourth-order valence-electron chi connectivity index (χ4n) is 1.76. The van der Waals surface area contributed by atoms with Crippen molar-refractivity contribution in [3.63, 3.8) is 0 Å². The number of unbranched alkanes of at least 4 members (excludes halogenated alkanes) is 2. The number of hydrogen-bond donors (Lipinski definition) is 0. The second-order valence-electron chi connectivity index (χ2n) is 3.97. The highest BCUT2D eigenvalue weighted by Crippen LogP contribution is 2.21. The van der Waals surface area contributed by atoms with Crippen molar-refractivity contribution in [2.75, 3.05) is 0 Å². The third-order valence-corrected chi connectivity index (χ3v) is 8.48. The van der Waals surface area contributed by atoms with Gasteiger partial charge in [0.25, 0.3) is 0 Å². The third-order valence-electron chi connectivity index (χ3n) is 3.31. The Hall–Kier alpha value is -0.0431. The number of hydrogen-bond acceptors (Lipinski definition) is 0. The first-order valence-electron chi connectivity index (χ1n) is 5.92. The van der Waals surface area contributed by atoms with Crippen LogP contribution in [-0.4, -0.2) is 8.07 Å². The van der Waals surface area contributed by atoms with Gasteiger partial charge in [-0.05, 0) is 6.42 Å². The van der Waals surface area contributed by atoms with Gasteiger partial charge in [0.15, 0.2) is 0 Å². The SMILES string of the molecule is CCCC/C=C/[Si](CC)(CC)CC. The van der Waals surface area contributed by atoms with E-state index in [4.69, 9.17) is 0 Å². The summed E-state index contributed by atoms with van der Waals surface area (Å²) >= 11 is 0. The van der Waals surface area contributed by atoms with Gasteiger partial charge in [0.2, 0.25) is 0 Å². The van der Waals surface area contributed by atoms with Crippen LogP contribution in [0, 0.1) is 0 Å². The lowest BCUT2D eigenvalue weighted by Crippen LogP contribution is -2.28. The van der Waals surface area contributed by atoms with E-state index in [2.05, 4.69) is 39.5 Å². The summed E-state index contributed by atoms with van der Waals surface area (Å²) in [6.07, 6.45) is 6.43. The Bertz CT molecular complexity index is 126. The van der Waals surface area contributed by atoms with Gasteiger partial charge in [-0.25, -0.2) is 0 Å². The highest BCUT2D eigenvalue weighted by atomic mass is 28.3. The summed E-state index contributed by atoms with van der Waals surface area (Å²) in [6, 6.07) is 4.26. The molecular weight excluding hydrogens is 172 g/mol. The summed E-state index contributed by atoms with van der Waals surface area (Å²) in [5.74, 6) is 0. The molecule has 0 aliphatic carbocycles. The van der Waals surface area contributed by atoms with Gasteiger partial charge in [0, 0.05) is 0 Å². The Labute approximate surface area is 85.4 Å². The molecule has 0 aromatic carbocycles. The van der Waals surface area contributed by atoms with Crippen LogP contribution >= 0.6 is 0 Å². The van der Waals surface area contributed by atoms with Gasteiger partial charge in [-0.2, -0.15) is 0 Å². The fraction of sp³-hybridized carbons (Fsp3) is 0.833. The van der Waals surface area contributed by atoms with Crippen molar-refractivity contribution < 1.29 is 0 Å². The standard InChI is InChI=1S/C12H26Si/c1-5-9-10-11-12-13(6-2,7-3)8-4/h11-12H,5-10H2,1-4H3/b12-11+. The average molecular weight is 198 g/mol. The first-order valence-corrected chi connectivity index (χ1v) is 8.62. The minimum absolute atomic E-state index is 0.948. The molecule has 0 N–H and O–H groups in total. The van der Waals surface area contributed by atoms with E-state index in [-0.39, 0.29) is 0 Å². The molecule has 0 rings (SSSR count). The summed E-state index contributed by atoms with van der Waals surface area (Å²) < 4.78 is 0. The number of allylic oxidation sites excluding steroid dienone is 1. The molecule has 0 unspecified atom stereocenters. The van der Waals surface area contributed by atoms with E-state index in [9.17, 15) is 0 Å². The Balaban J connectivity index is 4.00. The summed E-state index contributed by atoms with van der Waals surface area (Å²) in [6.45, 7) is 9.36. The van der Waals surface area contributed by atoms with E-state index >= 15 is 0 Å². The van der Waals surface area contributed by atoms with Gasteiger partial charge in [0.05, 0.1) is 8.07 Å². The maximum Gasteiger partial charge on any atom is 0.0766 e. The monoisotopic (exact) mass is 198 g/mol. The lowest BCUT2D eigenvalue weighted by atomic mass is 10.2. The van der Waals surface area contributed by atoms with E-state index < -0.39 is 8.07 Å². The maximum atomic E-state index is 2.60. The van der Waals surface area contributed by atoms with Crippen molar-refractivity contribution in [3.8, 4) is 0 Å². The topological polar surface area (TPSA) is 0 Å². The third kappa shape index (κ3) is 4.66. The molecule has 0 aliphatic heterocycles. The zero-order valence-corrected chi connectivity index (χ0v) is 10.9. The molecule has 0 aliphatic rings. The molecule has 0 bridgehead atoms. The second-order valence-corrected chi connectivity index (χ2v) is 9.15. The van der Waals surface area contributed by atoms with Gasteiger partial charge in [0.1, 0.15) is 0 Å². The lowest BCUT2D eigenvalue weighted by Gasteiger charge is -2.23. The van der Waals surface area contributed by atoms with Crippen molar-refractivity contribution in [1.82, 2.24) is 0 Å². The molecule has 0 aromatic rings. The van der Waals surface area contributed by atoms with E-state index in [1.165, 1.54) is 37.4 Å². The van der Waals surface area contributed by atoms with Crippen LogP contribution in [0.1, 0.15) is 47.0 Å². The van der Waals surface area contributed by atoms with E-state index in [1.807, 2.05) is 0 Å². The highest BCUT2D eigenvalue weighted by Gasteiger charge is 2.22. The van der Waals surface area contributed by atoms with Crippen LogP contribution in [0.2, 0.25) is 18.1 Å². The molecule has 0 saturated heterocycles. The van der Waals surface area contributed by atoms with Crippen LogP contribution in [-0.2, 0) is 0 Å². The molecule has 0 saturated carbocycles. The van der Waals surface area contributed by atoms with Crippen LogP contribution in [0.3, 0.4) is 0 Å². The summed E-state index contributed by atoms with van der Waals surface area (Å²) in [5, 5.41) is 0. The molecule has 13 heavy (non-hydrogen) atoms. The van der Waals surface area contributed by atoms with Gasteiger partial charge < -0.3 is 0 Å². The molecular formula is C12H26Si. The van der Waals surface area contributed by atoms with Crippen LogP contribution in [0.15, 0.2) is 11.8 Å². The molecule has 0 fully saturated rings. The first kappa shape index (κ1) is 13.0. The minimum atomic E-state index is -0.948. The van der Waals surface area contributed by atoms with Crippen LogP contribution in [0.4, 0.5) is 0 Å². The van der Waals surface area contributed by atoms with Gasteiger partial charge in [-0.1, -0.05) is 70.4 Å². The predicted octanol–water partition coefficient (Wildman–Crippen LogP) is 4.78. The molecule has 0 heterocycles. The molecule has 0 amide bonds. The zero-order chi connectivity index (χ0) is 10.2. The van der Waals surface area contributed by atoms with Crippen molar-refractivity contribution in [1.29, 1.82) is 0 Å². The van der Waals surface area contributed by atoms with Crippen molar-refractivity contribution in [3.05, 3.63) is 11.8 Å². The average Bonchev–Trinajstić information content (AvgIpc) is 2.20. The van der Waals surface area contributed by atoms with Gasteiger partial charge in [-0.15, -0.1) is 0 Å². The Morgan fingerprint density at radius 2 is 1.46 bits per heavy atom.